The molecule has 0 unspecified atom stereocenters. The molecule has 1 N–H and O–H groups in total. The molecular weight excluding hydrogens is 452 g/mol. The molecule has 0 saturated carbocycles. The smallest absolute Gasteiger partial charge is 0.336 e. The topological polar surface area (TPSA) is 108 Å². The average molecular weight is 495 g/mol. The molecule has 1 aromatic rings. The van der Waals surface area contributed by atoms with Gasteiger partial charge in [0.15, 0.2) is 12.2 Å². The molecule has 2 fully saturated rings. The van der Waals surface area contributed by atoms with Crippen molar-refractivity contribution < 1.29 is 38.4 Å². The van der Waals surface area contributed by atoms with E-state index in [1.165, 1.54) is 6.92 Å². The summed E-state index contributed by atoms with van der Waals surface area (Å²) in [5, 5.41) is 9.26. The van der Waals surface area contributed by atoms with Gasteiger partial charge in [-0.05, 0) is 39.2 Å². The molecule has 0 spiro atoms. The molecular formula is C27H42O8. The molecule has 0 aromatic heterocycles. The summed E-state index contributed by atoms with van der Waals surface area (Å²) in [7, 11) is 0. The summed E-state index contributed by atoms with van der Waals surface area (Å²) in [6, 6.07) is 9.87. The SMILES string of the molecule is CCOC(C)=O.CC[C@@]1(C)OC(=O)[C@H](O)[C@@H]1C.CC[C@@]1(C)OC(=O)[C@H](OCc2ccccc2)[C@@H]1C. The van der Waals surface area contributed by atoms with Crippen molar-refractivity contribution in [1.82, 2.24) is 0 Å². The van der Waals surface area contributed by atoms with E-state index in [0.717, 1.165) is 18.4 Å². The molecule has 1 aromatic carbocycles. The molecule has 0 aliphatic carbocycles. The highest BCUT2D eigenvalue weighted by molar-refractivity contribution is 5.78. The fraction of sp³-hybridized carbons (Fsp3) is 0.667. The Morgan fingerprint density at radius 2 is 1.46 bits per heavy atom. The van der Waals surface area contributed by atoms with Crippen LogP contribution in [-0.2, 0) is 39.9 Å². The van der Waals surface area contributed by atoms with Crippen LogP contribution in [0.1, 0.15) is 73.8 Å². The van der Waals surface area contributed by atoms with E-state index in [2.05, 4.69) is 4.74 Å². The second kappa shape index (κ2) is 13.6. The molecule has 35 heavy (non-hydrogen) atoms. The summed E-state index contributed by atoms with van der Waals surface area (Å²) in [6.07, 6.45) is 0.178. The van der Waals surface area contributed by atoms with Gasteiger partial charge in [-0.2, -0.15) is 0 Å². The van der Waals surface area contributed by atoms with E-state index >= 15 is 0 Å². The second-order valence-electron chi connectivity index (χ2n) is 9.34. The van der Waals surface area contributed by atoms with Gasteiger partial charge in [-0.15, -0.1) is 0 Å². The first kappa shape index (κ1) is 30.6. The van der Waals surface area contributed by atoms with Crippen LogP contribution >= 0.6 is 0 Å². The van der Waals surface area contributed by atoms with Gasteiger partial charge in [0.25, 0.3) is 0 Å². The molecule has 2 aliphatic rings. The molecule has 2 saturated heterocycles. The lowest BCUT2D eigenvalue weighted by Crippen LogP contribution is -2.33. The number of hydrogen-bond donors (Lipinski definition) is 1. The highest BCUT2D eigenvalue weighted by Crippen LogP contribution is 2.37. The van der Waals surface area contributed by atoms with Gasteiger partial charge in [0.1, 0.15) is 11.2 Å². The number of esters is 3. The van der Waals surface area contributed by atoms with Gasteiger partial charge in [-0.3, -0.25) is 4.79 Å². The number of benzene rings is 1. The Morgan fingerprint density at radius 3 is 1.80 bits per heavy atom. The predicted molar refractivity (Wildman–Crippen MR) is 131 cm³/mol. The van der Waals surface area contributed by atoms with Crippen LogP contribution in [0.2, 0.25) is 0 Å². The number of aliphatic hydroxyl groups excluding tert-OH is 1. The van der Waals surface area contributed by atoms with Crippen LogP contribution in [0.3, 0.4) is 0 Å². The number of hydrogen-bond acceptors (Lipinski definition) is 8. The zero-order chi connectivity index (χ0) is 26.8. The molecule has 3 rings (SSSR count). The van der Waals surface area contributed by atoms with Crippen molar-refractivity contribution in [2.24, 2.45) is 11.8 Å². The summed E-state index contributed by atoms with van der Waals surface area (Å²) in [5.41, 5.74) is 0.220. The van der Waals surface area contributed by atoms with Gasteiger partial charge in [0, 0.05) is 18.8 Å². The minimum absolute atomic E-state index is 0.0821. The maximum absolute atomic E-state index is 11.8. The molecule has 8 nitrogen and oxygen atoms in total. The Balaban J connectivity index is 0.000000306. The van der Waals surface area contributed by atoms with Crippen LogP contribution in [0.5, 0.6) is 0 Å². The lowest BCUT2D eigenvalue weighted by Gasteiger charge is -2.26. The van der Waals surface area contributed by atoms with E-state index in [9.17, 15) is 19.5 Å². The molecule has 0 bridgehead atoms. The number of aliphatic hydroxyl groups is 1. The highest BCUT2D eigenvalue weighted by Gasteiger charge is 2.50. The van der Waals surface area contributed by atoms with E-state index < -0.39 is 29.4 Å². The Kier molecular flexibility index (Phi) is 11.9. The van der Waals surface area contributed by atoms with E-state index in [-0.39, 0.29) is 23.8 Å². The third kappa shape index (κ3) is 8.32. The van der Waals surface area contributed by atoms with Crippen LogP contribution in [0, 0.1) is 11.8 Å². The molecule has 198 valence electrons. The normalized spacial score (nSPS) is 31.3. The van der Waals surface area contributed by atoms with Gasteiger partial charge in [-0.1, -0.05) is 58.0 Å². The third-order valence-electron chi connectivity index (χ3n) is 7.02. The zero-order valence-electron chi connectivity index (χ0n) is 22.3. The lowest BCUT2D eigenvalue weighted by molar-refractivity contribution is -0.154. The first-order chi connectivity index (χ1) is 16.3. The Morgan fingerprint density at radius 1 is 0.943 bits per heavy atom. The van der Waals surface area contributed by atoms with Gasteiger partial charge < -0.3 is 24.1 Å². The number of cyclic esters (lactones) is 2. The quantitative estimate of drug-likeness (QED) is 0.463. The van der Waals surface area contributed by atoms with Crippen LogP contribution in [0.4, 0.5) is 0 Å². The monoisotopic (exact) mass is 494 g/mol. The van der Waals surface area contributed by atoms with Crippen molar-refractivity contribution in [3.05, 3.63) is 35.9 Å². The van der Waals surface area contributed by atoms with Gasteiger partial charge >= 0.3 is 17.9 Å². The maximum atomic E-state index is 11.8. The average Bonchev–Trinajstić information content (AvgIpc) is 3.17. The second-order valence-corrected chi connectivity index (χ2v) is 9.34. The Hall–Kier alpha value is -2.45. The molecule has 8 heteroatoms. The Labute approximate surface area is 209 Å². The summed E-state index contributed by atoms with van der Waals surface area (Å²) >= 11 is 0. The van der Waals surface area contributed by atoms with Gasteiger partial charge in [0.2, 0.25) is 0 Å². The van der Waals surface area contributed by atoms with E-state index in [1.54, 1.807) is 6.92 Å². The van der Waals surface area contributed by atoms with Gasteiger partial charge in [0.05, 0.1) is 13.2 Å². The van der Waals surface area contributed by atoms with Crippen molar-refractivity contribution in [3.63, 3.8) is 0 Å². The van der Waals surface area contributed by atoms with E-state index in [4.69, 9.17) is 14.2 Å². The molecule has 6 atom stereocenters. The zero-order valence-corrected chi connectivity index (χ0v) is 22.3. The van der Waals surface area contributed by atoms with Crippen molar-refractivity contribution in [1.29, 1.82) is 0 Å². The molecule has 2 aliphatic heterocycles. The number of ether oxygens (including phenoxy) is 4. The van der Waals surface area contributed by atoms with E-state index in [0.29, 0.717) is 13.2 Å². The standard InChI is InChI=1S/C15H20O3.C8H14O3.C4H8O2/c1-4-15(3)11(2)13(14(16)18-15)17-10-12-8-6-5-7-9-12;1-4-8(3)5(2)6(9)7(10)11-8;1-3-6-4(2)5/h5-9,11,13H,4,10H2,1-3H3;5-6,9H,4H2,1-3H3;3H2,1-2H3/t11-,13+,15+;5-,6+,8+;/m00./s1. The maximum Gasteiger partial charge on any atom is 0.336 e. The van der Waals surface area contributed by atoms with Crippen LogP contribution < -0.4 is 0 Å². The minimum Gasteiger partial charge on any atom is -0.466 e. The lowest BCUT2D eigenvalue weighted by atomic mass is 9.87. The summed E-state index contributed by atoms with van der Waals surface area (Å²) in [4.78, 5) is 32.5. The van der Waals surface area contributed by atoms with Crippen molar-refractivity contribution in [2.75, 3.05) is 6.61 Å². The van der Waals surface area contributed by atoms with Crippen molar-refractivity contribution >= 4 is 17.9 Å². The fourth-order valence-corrected chi connectivity index (χ4v) is 3.79. The molecule has 0 radical (unpaired) electrons. The highest BCUT2D eigenvalue weighted by atomic mass is 16.6. The number of rotatable bonds is 6. The van der Waals surface area contributed by atoms with Crippen molar-refractivity contribution in [2.45, 2.75) is 98.2 Å². The number of carbonyl (C=O) groups excluding carboxylic acids is 3. The van der Waals surface area contributed by atoms with Crippen molar-refractivity contribution in [3.8, 4) is 0 Å². The predicted octanol–water partition coefficient (Wildman–Crippen LogP) is 4.21. The molecule has 2 heterocycles. The minimum atomic E-state index is -0.931. The third-order valence-corrected chi connectivity index (χ3v) is 7.02. The van der Waals surface area contributed by atoms with Gasteiger partial charge in [-0.25, -0.2) is 9.59 Å². The van der Waals surface area contributed by atoms with E-state index in [1.807, 2.05) is 71.9 Å². The largest absolute Gasteiger partial charge is 0.466 e. The molecule has 0 amide bonds. The first-order valence-corrected chi connectivity index (χ1v) is 12.3. The fourth-order valence-electron chi connectivity index (χ4n) is 3.79. The first-order valence-electron chi connectivity index (χ1n) is 12.3. The van der Waals surface area contributed by atoms with Crippen LogP contribution in [0.15, 0.2) is 30.3 Å². The summed E-state index contributed by atoms with van der Waals surface area (Å²) in [6.45, 7) is 15.8. The summed E-state index contributed by atoms with van der Waals surface area (Å²) in [5.74, 6) is -0.944. The van der Waals surface area contributed by atoms with Crippen LogP contribution in [0.25, 0.3) is 0 Å². The number of carbonyl (C=O) groups is 3. The summed E-state index contributed by atoms with van der Waals surface area (Å²) < 4.78 is 20.6. The van der Waals surface area contributed by atoms with Crippen LogP contribution in [-0.4, -0.2) is 53.0 Å². The Bertz CT molecular complexity index is 826.